The molecule has 0 amide bonds. The van der Waals surface area contributed by atoms with Crippen LogP contribution >= 0.6 is 0 Å². The average Bonchev–Trinajstić information content (AvgIpc) is 2.26. The van der Waals surface area contributed by atoms with Crippen LogP contribution in [0.2, 0.25) is 0 Å². The molecule has 1 aromatic carbocycles. The zero-order valence-corrected chi connectivity index (χ0v) is 8.27. The topological polar surface area (TPSA) is 35.5 Å². The van der Waals surface area contributed by atoms with Gasteiger partial charge in [-0.3, -0.25) is 0 Å². The number of carbonyl (C=O) groups is 1. The molecule has 4 heteroatoms. The third-order valence-electron chi connectivity index (χ3n) is 1.67. The van der Waals surface area contributed by atoms with Gasteiger partial charge in [0, 0.05) is 5.56 Å². The van der Waals surface area contributed by atoms with E-state index in [1.165, 1.54) is 25.3 Å². The lowest BCUT2D eigenvalue weighted by molar-refractivity contribution is 0.0819. The van der Waals surface area contributed by atoms with E-state index in [-0.39, 0.29) is 12.4 Å². The quantitative estimate of drug-likeness (QED) is 0.719. The maximum atomic E-state index is 13.1. The molecule has 15 heavy (non-hydrogen) atoms. The molecular formula is C11H11FO3. The molecule has 0 spiro atoms. The summed E-state index contributed by atoms with van der Waals surface area (Å²) in [6.45, 7) is 0.0566. The van der Waals surface area contributed by atoms with Crippen LogP contribution in [0.15, 0.2) is 30.3 Å². The van der Waals surface area contributed by atoms with Gasteiger partial charge in [0.1, 0.15) is 12.4 Å². The molecule has 0 heterocycles. The molecule has 0 aliphatic heterocycles. The lowest BCUT2D eigenvalue weighted by Gasteiger charge is -1.98. The summed E-state index contributed by atoms with van der Waals surface area (Å²) in [6.07, 6.45) is 2.32. The summed E-state index contributed by atoms with van der Waals surface area (Å²) in [6, 6.07) is 6.33. The van der Waals surface area contributed by atoms with Crippen molar-refractivity contribution < 1.29 is 18.7 Å². The molecule has 0 bridgehead atoms. The highest BCUT2D eigenvalue weighted by atomic mass is 19.1. The predicted molar refractivity (Wildman–Crippen MR) is 53.8 cm³/mol. The maximum Gasteiger partial charge on any atom is 0.508 e. The van der Waals surface area contributed by atoms with Crippen LogP contribution in [0.5, 0.6) is 0 Å². The molecule has 0 unspecified atom stereocenters. The van der Waals surface area contributed by atoms with Crippen molar-refractivity contribution in [3.63, 3.8) is 0 Å². The Morgan fingerprint density at radius 3 is 2.87 bits per heavy atom. The monoisotopic (exact) mass is 210 g/mol. The van der Waals surface area contributed by atoms with E-state index >= 15 is 0 Å². The summed E-state index contributed by atoms with van der Waals surface area (Å²) in [7, 11) is 1.23. The van der Waals surface area contributed by atoms with E-state index in [4.69, 9.17) is 0 Å². The highest BCUT2D eigenvalue weighted by molar-refractivity contribution is 5.60. The summed E-state index contributed by atoms with van der Waals surface area (Å²) < 4.78 is 21.9. The van der Waals surface area contributed by atoms with E-state index in [0.29, 0.717) is 5.56 Å². The highest BCUT2D eigenvalue weighted by Crippen LogP contribution is 2.07. The summed E-state index contributed by atoms with van der Waals surface area (Å²) in [4.78, 5) is 10.5. The van der Waals surface area contributed by atoms with Crippen molar-refractivity contribution in [2.45, 2.75) is 0 Å². The Morgan fingerprint density at radius 1 is 1.47 bits per heavy atom. The van der Waals surface area contributed by atoms with E-state index < -0.39 is 6.16 Å². The number of methoxy groups -OCH3 is 1. The standard InChI is InChI=1S/C11H11FO3/c1-14-11(13)15-8-4-6-9-5-2-3-7-10(9)12/h2-7H,8H2,1H3/b6-4+. The van der Waals surface area contributed by atoms with Crippen molar-refractivity contribution in [3.8, 4) is 0 Å². The van der Waals surface area contributed by atoms with Gasteiger partial charge in [-0.25, -0.2) is 9.18 Å². The van der Waals surface area contributed by atoms with Gasteiger partial charge in [-0.15, -0.1) is 0 Å². The van der Waals surface area contributed by atoms with Gasteiger partial charge in [-0.1, -0.05) is 24.3 Å². The predicted octanol–water partition coefficient (Wildman–Crippen LogP) is 2.62. The molecule has 0 saturated carbocycles. The van der Waals surface area contributed by atoms with Crippen LogP contribution in [0.1, 0.15) is 5.56 Å². The van der Waals surface area contributed by atoms with Gasteiger partial charge >= 0.3 is 6.16 Å². The first-order valence-corrected chi connectivity index (χ1v) is 4.36. The van der Waals surface area contributed by atoms with E-state index in [2.05, 4.69) is 9.47 Å². The van der Waals surface area contributed by atoms with E-state index in [0.717, 1.165) is 0 Å². The van der Waals surface area contributed by atoms with Gasteiger partial charge in [0.05, 0.1) is 7.11 Å². The Hall–Kier alpha value is -1.84. The molecular weight excluding hydrogens is 199 g/mol. The van der Waals surface area contributed by atoms with Gasteiger partial charge in [0.15, 0.2) is 0 Å². The fraction of sp³-hybridized carbons (Fsp3) is 0.182. The second-order valence-corrected chi connectivity index (χ2v) is 2.69. The zero-order chi connectivity index (χ0) is 11.1. The minimum absolute atomic E-state index is 0.0566. The number of hydrogen-bond acceptors (Lipinski definition) is 3. The molecule has 0 saturated heterocycles. The summed E-state index contributed by atoms with van der Waals surface area (Å²) in [5, 5.41) is 0. The molecule has 0 radical (unpaired) electrons. The van der Waals surface area contributed by atoms with Crippen LogP contribution in [0.25, 0.3) is 6.08 Å². The lowest BCUT2D eigenvalue weighted by atomic mass is 10.2. The van der Waals surface area contributed by atoms with Crippen molar-refractivity contribution >= 4 is 12.2 Å². The van der Waals surface area contributed by atoms with Crippen LogP contribution in [0, 0.1) is 5.82 Å². The largest absolute Gasteiger partial charge is 0.508 e. The normalized spacial score (nSPS) is 10.3. The zero-order valence-electron chi connectivity index (χ0n) is 8.27. The van der Waals surface area contributed by atoms with Gasteiger partial charge in [0.25, 0.3) is 0 Å². The van der Waals surface area contributed by atoms with Crippen LogP contribution in [0.3, 0.4) is 0 Å². The van der Waals surface area contributed by atoms with Crippen molar-refractivity contribution in [2.24, 2.45) is 0 Å². The molecule has 0 aromatic heterocycles. The number of ether oxygens (including phenoxy) is 2. The van der Waals surface area contributed by atoms with Crippen LogP contribution in [0.4, 0.5) is 9.18 Å². The van der Waals surface area contributed by atoms with Crippen LogP contribution in [-0.2, 0) is 9.47 Å². The molecule has 0 N–H and O–H groups in total. The maximum absolute atomic E-state index is 13.1. The van der Waals surface area contributed by atoms with Crippen molar-refractivity contribution in [3.05, 3.63) is 41.7 Å². The van der Waals surface area contributed by atoms with Gasteiger partial charge in [0.2, 0.25) is 0 Å². The molecule has 1 aromatic rings. The minimum atomic E-state index is -0.756. The fourth-order valence-corrected chi connectivity index (χ4v) is 0.960. The number of halogens is 1. The second-order valence-electron chi connectivity index (χ2n) is 2.69. The number of hydrogen-bond donors (Lipinski definition) is 0. The fourth-order valence-electron chi connectivity index (χ4n) is 0.960. The molecule has 80 valence electrons. The van der Waals surface area contributed by atoms with Gasteiger partial charge in [-0.2, -0.15) is 0 Å². The van der Waals surface area contributed by atoms with Gasteiger partial charge < -0.3 is 9.47 Å². The summed E-state index contributed by atoms with van der Waals surface area (Å²) >= 11 is 0. The van der Waals surface area contributed by atoms with Crippen molar-refractivity contribution in [2.75, 3.05) is 13.7 Å². The Kier molecular flexibility index (Phi) is 4.34. The minimum Gasteiger partial charge on any atom is -0.438 e. The molecule has 0 aliphatic rings. The number of rotatable bonds is 3. The third-order valence-corrected chi connectivity index (χ3v) is 1.67. The van der Waals surface area contributed by atoms with Crippen molar-refractivity contribution in [1.29, 1.82) is 0 Å². The smallest absolute Gasteiger partial charge is 0.438 e. The average molecular weight is 210 g/mol. The lowest BCUT2D eigenvalue weighted by Crippen LogP contribution is -2.03. The Labute approximate surface area is 87.1 Å². The molecule has 3 nitrogen and oxygen atoms in total. The van der Waals surface area contributed by atoms with E-state index in [1.54, 1.807) is 18.2 Å². The first-order chi connectivity index (χ1) is 7.24. The Morgan fingerprint density at radius 2 is 2.20 bits per heavy atom. The summed E-state index contributed by atoms with van der Waals surface area (Å²) in [5.74, 6) is -0.313. The first-order valence-electron chi connectivity index (χ1n) is 4.36. The van der Waals surface area contributed by atoms with Crippen LogP contribution in [-0.4, -0.2) is 19.9 Å². The molecule has 0 atom stereocenters. The summed E-state index contributed by atoms with van der Waals surface area (Å²) in [5.41, 5.74) is 0.450. The Balaban J connectivity index is 2.45. The van der Waals surface area contributed by atoms with Crippen molar-refractivity contribution in [1.82, 2.24) is 0 Å². The highest BCUT2D eigenvalue weighted by Gasteiger charge is 1.97. The van der Waals surface area contributed by atoms with E-state index in [9.17, 15) is 9.18 Å². The van der Waals surface area contributed by atoms with E-state index in [1.807, 2.05) is 0 Å². The van der Waals surface area contributed by atoms with Gasteiger partial charge in [-0.05, 0) is 12.1 Å². The Bertz CT molecular complexity index is 361. The number of benzene rings is 1. The first kappa shape index (κ1) is 11.2. The molecule has 1 rings (SSSR count). The molecule has 0 fully saturated rings. The second kappa shape index (κ2) is 5.80. The third kappa shape index (κ3) is 3.81. The SMILES string of the molecule is COC(=O)OC/C=C/c1ccccc1F. The molecule has 0 aliphatic carbocycles. The van der Waals surface area contributed by atoms with Crippen LogP contribution < -0.4 is 0 Å². The number of carbonyl (C=O) groups excluding carboxylic acids is 1.